The second kappa shape index (κ2) is 12.2. The number of aromatic hydroxyl groups is 2. The molecule has 40 heavy (non-hydrogen) atoms. The average molecular weight is 555 g/mol. The summed E-state index contributed by atoms with van der Waals surface area (Å²) in [7, 11) is 0. The van der Waals surface area contributed by atoms with Crippen molar-refractivity contribution < 1.29 is 19.8 Å². The Bertz CT molecular complexity index is 1150. The van der Waals surface area contributed by atoms with Crippen LogP contribution in [0.15, 0.2) is 24.3 Å². The molecule has 6 nitrogen and oxygen atoms in total. The third-order valence-electron chi connectivity index (χ3n) is 6.92. The van der Waals surface area contributed by atoms with Gasteiger partial charge in [-0.25, -0.2) is 0 Å². The molecule has 2 amide bonds. The zero-order valence-electron chi connectivity index (χ0n) is 26.1. The molecule has 4 N–H and O–H groups in total. The summed E-state index contributed by atoms with van der Waals surface area (Å²) in [6, 6.07) is 7.69. The molecule has 0 bridgehead atoms. The maximum absolute atomic E-state index is 12.7. The van der Waals surface area contributed by atoms with E-state index in [1.807, 2.05) is 65.8 Å². The molecule has 0 heterocycles. The number of carbonyl (C=O) groups is 2. The first-order valence-electron chi connectivity index (χ1n) is 13.8. The third kappa shape index (κ3) is 9.00. The summed E-state index contributed by atoms with van der Waals surface area (Å²) in [6.45, 7) is 24.5. The molecular weight excluding hydrogens is 500 g/mol. The van der Waals surface area contributed by atoms with Crippen LogP contribution in [0.25, 0.3) is 0 Å². The van der Waals surface area contributed by atoms with Crippen LogP contribution in [0.1, 0.15) is 130 Å². The number of rotatable bonds is 5. The van der Waals surface area contributed by atoms with Gasteiger partial charge >= 0.3 is 0 Å². The first-order chi connectivity index (χ1) is 17.5. The lowest BCUT2D eigenvalue weighted by Gasteiger charge is -2.28. The van der Waals surface area contributed by atoms with Crippen LogP contribution in [-0.2, 0) is 44.1 Å². The topological polar surface area (TPSA) is 98.7 Å². The van der Waals surface area contributed by atoms with E-state index in [4.69, 9.17) is 0 Å². The van der Waals surface area contributed by atoms with Crippen molar-refractivity contribution in [3.63, 3.8) is 0 Å². The number of hydrazine groups is 1. The third-order valence-corrected chi connectivity index (χ3v) is 6.92. The Morgan fingerprint density at radius 3 is 1.20 bits per heavy atom. The van der Waals surface area contributed by atoms with Crippen molar-refractivity contribution in [2.75, 3.05) is 0 Å². The first kappa shape index (κ1) is 35.0. The summed E-state index contributed by atoms with van der Waals surface area (Å²) in [5.41, 5.74) is 9.05. The van der Waals surface area contributed by atoms with Gasteiger partial charge in [0.05, 0.1) is 6.42 Å². The van der Waals surface area contributed by atoms with Gasteiger partial charge in [0.15, 0.2) is 0 Å². The van der Waals surface area contributed by atoms with E-state index in [2.05, 4.69) is 52.4 Å². The first-order valence-corrected chi connectivity index (χ1v) is 13.8. The van der Waals surface area contributed by atoms with Gasteiger partial charge in [-0.15, -0.1) is 0 Å². The molecule has 6 heteroatoms. The number of amides is 2. The number of hydrogen-bond donors (Lipinski definition) is 4. The molecular formula is C34H54N2O4. The van der Waals surface area contributed by atoms with Crippen molar-refractivity contribution in [3.05, 3.63) is 57.6 Å². The molecule has 0 aromatic heterocycles. The molecule has 0 atom stereocenters. The van der Waals surface area contributed by atoms with E-state index in [0.29, 0.717) is 12.2 Å². The number of aryl methyl sites for hydroxylation is 1. The molecule has 2 aromatic carbocycles. The second-order valence-corrected chi connectivity index (χ2v) is 14.9. The van der Waals surface area contributed by atoms with Crippen LogP contribution in [0, 0.1) is 0 Å². The Morgan fingerprint density at radius 2 is 0.875 bits per heavy atom. The molecule has 0 saturated heterocycles. The summed E-state index contributed by atoms with van der Waals surface area (Å²) in [5, 5.41) is 21.8. The van der Waals surface area contributed by atoms with Gasteiger partial charge in [0, 0.05) is 6.42 Å². The fourth-order valence-corrected chi connectivity index (χ4v) is 4.61. The van der Waals surface area contributed by atoms with Crippen molar-refractivity contribution in [2.45, 2.75) is 131 Å². The molecule has 224 valence electrons. The Kier molecular flexibility index (Phi) is 10.7. The lowest BCUT2D eigenvalue weighted by atomic mass is 9.78. The lowest BCUT2D eigenvalue weighted by Crippen LogP contribution is -2.42. The number of carbonyl (C=O) groups excluding carboxylic acids is 2. The van der Waals surface area contributed by atoms with Gasteiger partial charge in [-0.3, -0.25) is 20.4 Å². The quantitative estimate of drug-likeness (QED) is 0.293. The highest BCUT2D eigenvalue weighted by Crippen LogP contribution is 2.41. The van der Waals surface area contributed by atoms with Gasteiger partial charge in [-0.05, 0) is 61.5 Å². The highest BCUT2D eigenvalue weighted by Gasteiger charge is 2.28. The zero-order chi connectivity index (χ0) is 30.1. The summed E-state index contributed by atoms with van der Waals surface area (Å²) in [4.78, 5) is 25.3. The lowest BCUT2D eigenvalue weighted by molar-refractivity contribution is -0.128. The molecule has 0 aliphatic heterocycles. The predicted octanol–water partition coefficient (Wildman–Crippen LogP) is 7.25. The predicted molar refractivity (Wildman–Crippen MR) is 166 cm³/mol. The van der Waals surface area contributed by atoms with E-state index in [1.54, 1.807) is 0 Å². The molecule has 0 saturated carbocycles. The monoisotopic (exact) mass is 554 g/mol. The van der Waals surface area contributed by atoms with E-state index in [1.165, 1.54) is 0 Å². The molecule has 2 aromatic rings. The summed E-state index contributed by atoms with van der Waals surface area (Å²) >= 11 is 0. The number of phenols is 2. The molecule has 2 rings (SSSR count). The van der Waals surface area contributed by atoms with Gasteiger partial charge in [-0.1, -0.05) is 115 Å². The number of nitrogens with one attached hydrogen (secondary N) is 2. The Morgan fingerprint density at radius 1 is 0.575 bits per heavy atom. The van der Waals surface area contributed by atoms with Crippen molar-refractivity contribution in [1.29, 1.82) is 0 Å². The Labute approximate surface area is 243 Å². The second-order valence-electron chi connectivity index (χ2n) is 14.9. The Balaban J connectivity index is 0.00000800. The Hall–Kier alpha value is -3.02. The summed E-state index contributed by atoms with van der Waals surface area (Å²) in [5.74, 6) is -0.0363. The van der Waals surface area contributed by atoms with Gasteiger partial charge in [0.2, 0.25) is 11.8 Å². The van der Waals surface area contributed by atoms with Gasteiger partial charge in [-0.2, -0.15) is 0 Å². The minimum absolute atomic E-state index is 0. The van der Waals surface area contributed by atoms with Crippen molar-refractivity contribution in [2.24, 2.45) is 0 Å². The minimum atomic E-state index is -0.330. The van der Waals surface area contributed by atoms with Crippen LogP contribution in [-0.4, -0.2) is 22.0 Å². The van der Waals surface area contributed by atoms with Crippen LogP contribution in [0.3, 0.4) is 0 Å². The van der Waals surface area contributed by atoms with Crippen LogP contribution < -0.4 is 10.9 Å². The summed E-state index contributed by atoms with van der Waals surface area (Å²) < 4.78 is 0. The van der Waals surface area contributed by atoms with Gasteiger partial charge in [0.25, 0.3) is 0 Å². The highest BCUT2D eigenvalue weighted by molar-refractivity contribution is 5.83. The molecule has 0 spiro atoms. The smallest absolute Gasteiger partial charge is 0.242 e. The average Bonchev–Trinajstić information content (AvgIpc) is 2.74. The van der Waals surface area contributed by atoms with E-state index < -0.39 is 0 Å². The standard InChI is InChI=1S/C33H50N2O4.CH4/c1-30(2,3)22-15-20(16-23(28(22)38)31(4,5)6)13-14-26(36)34-35-27(37)19-21-17-24(32(7,8)9)29(39)25(18-21)33(10,11)12;/h15-18,38-39H,13-14,19H2,1-12H3,(H,34,36)(H,35,37);1H4. The maximum atomic E-state index is 12.7. The van der Waals surface area contributed by atoms with E-state index in [0.717, 1.165) is 33.4 Å². The van der Waals surface area contributed by atoms with Crippen molar-refractivity contribution >= 4 is 11.8 Å². The van der Waals surface area contributed by atoms with E-state index in [-0.39, 0.29) is 59.5 Å². The molecule has 0 radical (unpaired) electrons. The zero-order valence-corrected chi connectivity index (χ0v) is 26.1. The minimum Gasteiger partial charge on any atom is -0.507 e. The fourth-order valence-electron chi connectivity index (χ4n) is 4.61. The molecule has 0 unspecified atom stereocenters. The van der Waals surface area contributed by atoms with Crippen molar-refractivity contribution in [1.82, 2.24) is 10.9 Å². The van der Waals surface area contributed by atoms with Gasteiger partial charge < -0.3 is 10.2 Å². The highest BCUT2D eigenvalue weighted by atomic mass is 16.3. The van der Waals surface area contributed by atoms with Crippen molar-refractivity contribution in [3.8, 4) is 11.5 Å². The number of benzene rings is 2. The van der Waals surface area contributed by atoms with E-state index in [9.17, 15) is 19.8 Å². The normalized spacial score (nSPS) is 12.5. The largest absolute Gasteiger partial charge is 0.507 e. The van der Waals surface area contributed by atoms with Crippen LogP contribution in [0.4, 0.5) is 0 Å². The molecule has 0 aliphatic carbocycles. The fraction of sp³-hybridized carbons (Fsp3) is 0.588. The van der Waals surface area contributed by atoms with E-state index >= 15 is 0 Å². The SMILES string of the molecule is C.CC(C)(C)c1cc(CCC(=O)NNC(=O)Cc2cc(C(C)(C)C)c(O)c(C(C)(C)C)c2)cc(C(C)(C)C)c1O. The summed E-state index contributed by atoms with van der Waals surface area (Å²) in [6.07, 6.45) is 0.754. The number of hydrogen-bond acceptors (Lipinski definition) is 4. The van der Waals surface area contributed by atoms with Crippen LogP contribution in [0.5, 0.6) is 11.5 Å². The molecule has 0 fully saturated rings. The van der Waals surface area contributed by atoms with Gasteiger partial charge in [0.1, 0.15) is 11.5 Å². The van der Waals surface area contributed by atoms with Crippen LogP contribution in [0.2, 0.25) is 0 Å². The molecule has 0 aliphatic rings. The maximum Gasteiger partial charge on any atom is 0.242 e. The number of phenolic OH excluding ortho intramolecular Hbond substituents is 2. The van der Waals surface area contributed by atoms with Crippen LogP contribution >= 0.6 is 0 Å².